The van der Waals surface area contributed by atoms with E-state index in [1.165, 1.54) is 6.07 Å². The molecular formula is C12H12O3. The Morgan fingerprint density at radius 3 is 2.80 bits per heavy atom. The van der Waals surface area contributed by atoms with E-state index in [-0.39, 0.29) is 18.1 Å². The molecule has 0 saturated heterocycles. The topological polar surface area (TPSA) is 57.5 Å². The molecule has 3 heteroatoms. The number of hydrogen-bond donors (Lipinski definition) is 2. The number of aliphatic carboxylic acids is 1. The number of phenols is 1. The van der Waals surface area contributed by atoms with Crippen molar-refractivity contribution in [3.05, 3.63) is 29.8 Å². The number of carboxylic acids is 1. The molecule has 1 rings (SSSR count). The first-order chi connectivity index (χ1) is 7.13. The van der Waals surface area contributed by atoms with Crippen LogP contribution in [-0.4, -0.2) is 16.2 Å². The van der Waals surface area contributed by atoms with Crippen molar-refractivity contribution >= 4 is 5.97 Å². The molecule has 0 spiro atoms. The maximum absolute atomic E-state index is 10.6. The summed E-state index contributed by atoms with van der Waals surface area (Å²) < 4.78 is 0. The summed E-state index contributed by atoms with van der Waals surface area (Å²) in [5, 5.41) is 18.0. The maximum atomic E-state index is 10.6. The number of rotatable bonds is 3. The second kappa shape index (κ2) is 5.06. The molecule has 0 bridgehead atoms. The highest BCUT2D eigenvalue weighted by Crippen LogP contribution is 2.22. The number of phenolic OH excluding ortho intramolecular Hbond substituents is 1. The molecule has 0 aliphatic heterocycles. The summed E-state index contributed by atoms with van der Waals surface area (Å²) in [6, 6.07) is 6.52. The Labute approximate surface area is 88.4 Å². The average molecular weight is 204 g/mol. The third-order valence-corrected chi connectivity index (χ3v) is 1.97. The molecule has 0 saturated carbocycles. The van der Waals surface area contributed by atoms with Gasteiger partial charge in [-0.25, -0.2) is 0 Å². The fourth-order valence-corrected chi connectivity index (χ4v) is 1.34. The predicted molar refractivity (Wildman–Crippen MR) is 56.6 cm³/mol. The van der Waals surface area contributed by atoms with E-state index in [1.807, 2.05) is 0 Å². The molecule has 0 aliphatic carbocycles. The Balaban J connectivity index is 2.96. The van der Waals surface area contributed by atoms with Crippen molar-refractivity contribution in [2.45, 2.75) is 19.3 Å². The van der Waals surface area contributed by atoms with E-state index in [9.17, 15) is 9.90 Å². The minimum atomic E-state index is -0.897. The first-order valence-corrected chi connectivity index (χ1v) is 4.56. The molecule has 0 aliphatic rings. The zero-order chi connectivity index (χ0) is 11.3. The van der Waals surface area contributed by atoms with Gasteiger partial charge in [0.1, 0.15) is 5.75 Å². The van der Waals surface area contributed by atoms with Crippen molar-refractivity contribution in [2.75, 3.05) is 0 Å². The average Bonchev–Trinajstić information content (AvgIpc) is 2.16. The van der Waals surface area contributed by atoms with E-state index in [1.54, 1.807) is 25.1 Å². The fraction of sp³-hybridized carbons (Fsp3) is 0.250. The third-order valence-electron chi connectivity index (χ3n) is 1.97. The van der Waals surface area contributed by atoms with Crippen molar-refractivity contribution in [1.29, 1.82) is 0 Å². The zero-order valence-corrected chi connectivity index (χ0v) is 8.40. The number of carboxylic acid groups (broad SMARTS) is 1. The highest BCUT2D eigenvalue weighted by molar-refractivity contribution is 5.69. The van der Waals surface area contributed by atoms with Gasteiger partial charge in [0.05, 0.1) is 12.3 Å². The molecule has 0 heterocycles. The van der Waals surface area contributed by atoms with Gasteiger partial charge in [-0.15, -0.1) is 5.92 Å². The van der Waals surface area contributed by atoms with Crippen LogP contribution in [0.1, 0.15) is 24.8 Å². The van der Waals surface area contributed by atoms with Crippen LogP contribution in [-0.2, 0) is 4.79 Å². The Kier molecular flexibility index (Phi) is 3.75. The van der Waals surface area contributed by atoms with Crippen molar-refractivity contribution in [1.82, 2.24) is 0 Å². The fourth-order valence-electron chi connectivity index (χ4n) is 1.34. The first-order valence-electron chi connectivity index (χ1n) is 4.56. The van der Waals surface area contributed by atoms with E-state index < -0.39 is 5.97 Å². The summed E-state index contributed by atoms with van der Waals surface area (Å²) in [5.41, 5.74) is 0.728. The van der Waals surface area contributed by atoms with Crippen LogP contribution >= 0.6 is 0 Å². The number of carbonyl (C=O) groups is 1. The van der Waals surface area contributed by atoms with Gasteiger partial charge in [-0.2, -0.15) is 0 Å². The SMILES string of the molecule is CC#CC(CC(=O)O)c1cccc(O)c1. The summed E-state index contributed by atoms with van der Waals surface area (Å²) in [5.74, 6) is 4.38. The standard InChI is InChI=1S/C12H12O3/c1-2-4-9(8-12(14)15)10-5-3-6-11(13)7-10/h3,5-7,9,13H,8H2,1H3,(H,14,15). The summed E-state index contributed by atoms with van der Waals surface area (Å²) in [6.45, 7) is 1.66. The van der Waals surface area contributed by atoms with Gasteiger partial charge < -0.3 is 10.2 Å². The lowest BCUT2D eigenvalue weighted by molar-refractivity contribution is -0.137. The van der Waals surface area contributed by atoms with Gasteiger partial charge in [-0.1, -0.05) is 18.1 Å². The van der Waals surface area contributed by atoms with Crippen LogP contribution in [0, 0.1) is 11.8 Å². The van der Waals surface area contributed by atoms with E-state index in [4.69, 9.17) is 5.11 Å². The third kappa shape index (κ3) is 3.35. The van der Waals surface area contributed by atoms with Crippen LogP contribution in [0.2, 0.25) is 0 Å². The number of aromatic hydroxyl groups is 1. The second-order valence-electron chi connectivity index (χ2n) is 3.14. The van der Waals surface area contributed by atoms with Crippen LogP contribution in [0.3, 0.4) is 0 Å². The van der Waals surface area contributed by atoms with Gasteiger partial charge in [0.2, 0.25) is 0 Å². The van der Waals surface area contributed by atoms with Gasteiger partial charge in [0, 0.05) is 0 Å². The summed E-state index contributed by atoms with van der Waals surface area (Å²) in [6.07, 6.45) is -0.0513. The van der Waals surface area contributed by atoms with Crippen LogP contribution in [0.25, 0.3) is 0 Å². The Bertz CT molecular complexity index is 412. The Hall–Kier alpha value is -1.95. The monoisotopic (exact) mass is 204 g/mol. The molecule has 1 aromatic carbocycles. The van der Waals surface area contributed by atoms with E-state index in [0.717, 1.165) is 5.56 Å². The van der Waals surface area contributed by atoms with Crippen LogP contribution < -0.4 is 0 Å². The van der Waals surface area contributed by atoms with E-state index in [2.05, 4.69) is 11.8 Å². The van der Waals surface area contributed by atoms with Gasteiger partial charge in [0.25, 0.3) is 0 Å². The van der Waals surface area contributed by atoms with E-state index >= 15 is 0 Å². The van der Waals surface area contributed by atoms with Gasteiger partial charge >= 0.3 is 5.97 Å². The molecule has 1 unspecified atom stereocenters. The second-order valence-corrected chi connectivity index (χ2v) is 3.14. The summed E-state index contributed by atoms with van der Waals surface area (Å²) in [7, 11) is 0. The zero-order valence-electron chi connectivity index (χ0n) is 8.40. The lowest BCUT2D eigenvalue weighted by Crippen LogP contribution is -2.04. The first kappa shape index (κ1) is 11.1. The molecule has 1 atom stereocenters. The van der Waals surface area contributed by atoms with Gasteiger partial charge in [0.15, 0.2) is 0 Å². The van der Waals surface area contributed by atoms with Crippen LogP contribution in [0.4, 0.5) is 0 Å². The largest absolute Gasteiger partial charge is 0.508 e. The molecule has 78 valence electrons. The molecular weight excluding hydrogens is 192 g/mol. The molecule has 0 radical (unpaired) electrons. The maximum Gasteiger partial charge on any atom is 0.304 e. The lowest BCUT2D eigenvalue weighted by atomic mass is 9.96. The van der Waals surface area contributed by atoms with Crippen molar-refractivity contribution in [3.8, 4) is 17.6 Å². The smallest absolute Gasteiger partial charge is 0.304 e. The molecule has 15 heavy (non-hydrogen) atoms. The molecule has 2 N–H and O–H groups in total. The number of hydrogen-bond acceptors (Lipinski definition) is 2. The highest BCUT2D eigenvalue weighted by atomic mass is 16.4. The minimum absolute atomic E-state index is 0.0513. The quantitative estimate of drug-likeness (QED) is 0.740. The highest BCUT2D eigenvalue weighted by Gasteiger charge is 2.13. The summed E-state index contributed by atoms with van der Waals surface area (Å²) >= 11 is 0. The lowest BCUT2D eigenvalue weighted by Gasteiger charge is -2.08. The molecule has 0 amide bonds. The molecule has 3 nitrogen and oxygen atoms in total. The van der Waals surface area contributed by atoms with Crippen molar-refractivity contribution in [2.24, 2.45) is 0 Å². The Morgan fingerprint density at radius 1 is 1.53 bits per heavy atom. The van der Waals surface area contributed by atoms with Crippen LogP contribution in [0.5, 0.6) is 5.75 Å². The predicted octanol–water partition coefficient (Wildman–Crippen LogP) is 1.97. The van der Waals surface area contributed by atoms with Gasteiger partial charge in [-0.3, -0.25) is 4.79 Å². The number of benzene rings is 1. The van der Waals surface area contributed by atoms with Crippen LogP contribution in [0.15, 0.2) is 24.3 Å². The van der Waals surface area contributed by atoms with Crippen molar-refractivity contribution < 1.29 is 15.0 Å². The Morgan fingerprint density at radius 2 is 2.27 bits per heavy atom. The molecule has 0 aromatic heterocycles. The van der Waals surface area contributed by atoms with Gasteiger partial charge in [-0.05, 0) is 24.6 Å². The molecule has 1 aromatic rings. The minimum Gasteiger partial charge on any atom is -0.508 e. The van der Waals surface area contributed by atoms with Crippen molar-refractivity contribution in [3.63, 3.8) is 0 Å². The van der Waals surface area contributed by atoms with E-state index in [0.29, 0.717) is 0 Å². The summed E-state index contributed by atoms with van der Waals surface area (Å²) in [4.78, 5) is 10.6. The molecule has 0 fully saturated rings. The normalized spacial score (nSPS) is 11.3.